The van der Waals surface area contributed by atoms with Crippen molar-refractivity contribution in [2.24, 2.45) is 5.11 Å². The molecule has 9 heteroatoms. The first-order valence-electron chi connectivity index (χ1n) is 6.15. The summed E-state index contributed by atoms with van der Waals surface area (Å²) in [5, 5.41) is 22.3. The monoisotopic (exact) mass is 336 g/mol. The van der Waals surface area contributed by atoms with Crippen LogP contribution in [0.3, 0.4) is 0 Å². The van der Waals surface area contributed by atoms with Gasteiger partial charge in [-0.05, 0) is 23.3 Å². The Labute approximate surface area is 136 Å². The van der Waals surface area contributed by atoms with Crippen LogP contribution in [0.2, 0.25) is 0 Å². The Morgan fingerprint density at radius 1 is 1.27 bits per heavy atom. The Hall–Kier alpha value is -2.35. The lowest BCUT2D eigenvalue weighted by Crippen LogP contribution is -2.18. The van der Waals surface area contributed by atoms with Crippen molar-refractivity contribution in [1.82, 2.24) is 4.73 Å². The van der Waals surface area contributed by atoms with Crippen molar-refractivity contribution in [2.75, 3.05) is 0 Å². The second kappa shape index (κ2) is 7.08. The Kier molecular flexibility index (Phi) is 5.16. The molecule has 0 aliphatic carbocycles. The van der Waals surface area contributed by atoms with E-state index >= 15 is 0 Å². The van der Waals surface area contributed by atoms with Gasteiger partial charge in [-0.2, -0.15) is 12.6 Å². The number of benzene rings is 1. The summed E-state index contributed by atoms with van der Waals surface area (Å²) in [5.41, 5.74) is 9.73. The molecule has 0 bridgehead atoms. The SMILES string of the molecule is [N-]=[N+]=Nc1ccc(C(S)CC(=S)On2c(O)ccc2O)cc1. The van der Waals surface area contributed by atoms with E-state index in [1.807, 2.05) is 0 Å². The lowest BCUT2D eigenvalue weighted by Gasteiger charge is -2.13. The van der Waals surface area contributed by atoms with Crippen molar-refractivity contribution in [1.29, 1.82) is 0 Å². The van der Waals surface area contributed by atoms with Crippen molar-refractivity contribution < 1.29 is 15.1 Å². The van der Waals surface area contributed by atoms with E-state index in [2.05, 4.69) is 22.7 Å². The normalized spacial score (nSPS) is 11.5. The average Bonchev–Trinajstić information content (AvgIpc) is 2.80. The summed E-state index contributed by atoms with van der Waals surface area (Å²) in [6.45, 7) is 0. The summed E-state index contributed by atoms with van der Waals surface area (Å²) >= 11 is 9.53. The van der Waals surface area contributed by atoms with Crippen molar-refractivity contribution in [3.05, 3.63) is 52.4 Å². The quantitative estimate of drug-likeness (QED) is 0.255. The van der Waals surface area contributed by atoms with Crippen molar-refractivity contribution in [3.63, 3.8) is 0 Å². The number of hydrogen-bond acceptors (Lipinski definition) is 6. The molecule has 114 valence electrons. The van der Waals surface area contributed by atoms with E-state index in [0.717, 1.165) is 10.3 Å². The average molecular weight is 336 g/mol. The van der Waals surface area contributed by atoms with Gasteiger partial charge >= 0.3 is 0 Å². The maximum absolute atomic E-state index is 9.47. The van der Waals surface area contributed by atoms with Crippen LogP contribution in [0.1, 0.15) is 17.2 Å². The predicted molar refractivity (Wildman–Crippen MR) is 88.5 cm³/mol. The van der Waals surface area contributed by atoms with Gasteiger partial charge in [-0.3, -0.25) is 0 Å². The second-order valence-corrected chi connectivity index (χ2v) is 5.39. The maximum atomic E-state index is 9.47. The fourth-order valence-corrected chi connectivity index (χ4v) is 2.43. The topological polar surface area (TPSA) is 103 Å². The van der Waals surface area contributed by atoms with Crippen LogP contribution < -0.4 is 4.84 Å². The Balaban J connectivity index is 2.00. The first-order valence-corrected chi connectivity index (χ1v) is 7.07. The van der Waals surface area contributed by atoms with Gasteiger partial charge in [-0.15, -0.1) is 4.73 Å². The zero-order valence-corrected chi connectivity index (χ0v) is 12.9. The van der Waals surface area contributed by atoms with E-state index in [9.17, 15) is 10.2 Å². The van der Waals surface area contributed by atoms with Crippen LogP contribution in [0, 0.1) is 0 Å². The molecule has 1 atom stereocenters. The van der Waals surface area contributed by atoms with Crippen LogP contribution >= 0.6 is 24.8 Å². The van der Waals surface area contributed by atoms with Gasteiger partial charge in [-0.1, -0.05) is 29.4 Å². The number of thiol groups is 1. The van der Waals surface area contributed by atoms with Crippen LogP contribution in [0.5, 0.6) is 11.8 Å². The summed E-state index contributed by atoms with van der Waals surface area (Å²) in [6, 6.07) is 9.45. The molecule has 0 spiro atoms. The van der Waals surface area contributed by atoms with Crippen LogP contribution in [-0.4, -0.2) is 20.0 Å². The molecule has 0 aliphatic heterocycles. The standard InChI is InChI=1S/C13H12N4O3S2/c14-16-15-9-3-1-8(2-4-9)10(21)7-13(22)20-17-11(18)5-6-12(17)19/h1-6,10,18-19,21H,7H2. The molecule has 7 nitrogen and oxygen atoms in total. The highest BCUT2D eigenvalue weighted by Gasteiger charge is 2.14. The molecule has 1 heterocycles. The van der Waals surface area contributed by atoms with Crippen molar-refractivity contribution >= 4 is 35.6 Å². The third-order valence-corrected chi connectivity index (χ3v) is 3.51. The first-order chi connectivity index (χ1) is 10.5. The van der Waals surface area contributed by atoms with E-state index in [-0.39, 0.29) is 28.5 Å². The molecular formula is C13H12N4O3S2. The number of rotatable bonds is 5. The molecule has 0 fully saturated rings. The van der Waals surface area contributed by atoms with E-state index in [1.165, 1.54) is 12.1 Å². The summed E-state index contributed by atoms with van der Waals surface area (Å²) in [7, 11) is 0. The molecule has 0 amide bonds. The minimum atomic E-state index is -0.255. The third kappa shape index (κ3) is 3.85. The number of aromatic hydroxyl groups is 2. The third-order valence-electron chi connectivity index (χ3n) is 2.79. The van der Waals surface area contributed by atoms with Gasteiger partial charge in [0.2, 0.25) is 11.8 Å². The van der Waals surface area contributed by atoms with Gasteiger partial charge in [-0.25, -0.2) is 0 Å². The molecule has 0 aliphatic rings. The highest BCUT2D eigenvalue weighted by Crippen LogP contribution is 2.27. The molecule has 1 aromatic carbocycles. The van der Waals surface area contributed by atoms with Crippen LogP contribution in [0.25, 0.3) is 10.4 Å². The smallest absolute Gasteiger partial charge is 0.229 e. The fourth-order valence-electron chi connectivity index (χ4n) is 1.72. The lowest BCUT2D eigenvalue weighted by molar-refractivity contribution is 0.188. The largest absolute Gasteiger partial charge is 0.492 e. The van der Waals surface area contributed by atoms with Gasteiger partial charge in [0, 0.05) is 34.4 Å². The summed E-state index contributed by atoms with van der Waals surface area (Å²) in [4.78, 5) is 7.91. The minimum absolute atomic E-state index is 0.154. The molecule has 1 aromatic heterocycles. The summed E-state index contributed by atoms with van der Waals surface area (Å²) in [6.07, 6.45) is 0.288. The predicted octanol–water partition coefficient (Wildman–Crippen LogP) is 3.66. The molecular weight excluding hydrogens is 324 g/mol. The zero-order chi connectivity index (χ0) is 16.1. The molecule has 2 N–H and O–H groups in total. The van der Waals surface area contributed by atoms with Gasteiger partial charge in [0.1, 0.15) is 0 Å². The Bertz CT molecular complexity index is 704. The first kappa shape index (κ1) is 16.0. The summed E-state index contributed by atoms with van der Waals surface area (Å²) in [5.74, 6) is -0.511. The van der Waals surface area contributed by atoms with E-state index in [4.69, 9.17) is 22.6 Å². The molecule has 22 heavy (non-hydrogen) atoms. The van der Waals surface area contributed by atoms with E-state index < -0.39 is 0 Å². The number of azide groups is 1. The van der Waals surface area contributed by atoms with Gasteiger partial charge in [0.15, 0.2) is 5.05 Å². The van der Waals surface area contributed by atoms with Crippen LogP contribution in [0.4, 0.5) is 5.69 Å². The maximum Gasteiger partial charge on any atom is 0.229 e. The highest BCUT2D eigenvalue weighted by molar-refractivity contribution is 7.81. The number of nitrogens with zero attached hydrogens (tertiary/aromatic N) is 4. The summed E-state index contributed by atoms with van der Waals surface area (Å²) < 4.78 is 0.827. The van der Waals surface area contributed by atoms with Gasteiger partial charge < -0.3 is 15.1 Å². The van der Waals surface area contributed by atoms with Gasteiger partial charge in [0.05, 0.1) is 0 Å². The zero-order valence-electron chi connectivity index (χ0n) is 11.2. The van der Waals surface area contributed by atoms with Crippen molar-refractivity contribution in [2.45, 2.75) is 11.7 Å². The van der Waals surface area contributed by atoms with E-state index in [1.54, 1.807) is 24.3 Å². The molecule has 0 saturated heterocycles. The molecule has 2 aromatic rings. The number of aromatic nitrogens is 1. The van der Waals surface area contributed by atoms with Gasteiger partial charge in [0.25, 0.3) is 0 Å². The Morgan fingerprint density at radius 2 is 1.86 bits per heavy atom. The van der Waals surface area contributed by atoms with Crippen LogP contribution in [0.15, 0.2) is 41.5 Å². The lowest BCUT2D eigenvalue weighted by atomic mass is 10.1. The number of hydrogen-bond donors (Lipinski definition) is 3. The minimum Gasteiger partial charge on any atom is -0.492 e. The molecule has 2 rings (SSSR count). The Morgan fingerprint density at radius 3 is 2.41 bits per heavy atom. The molecule has 0 radical (unpaired) electrons. The van der Waals surface area contributed by atoms with Crippen molar-refractivity contribution in [3.8, 4) is 11.8 Å². The molecule has 1 unspecified atom stereocenters. The highest BCUT2D eigenvalue weighted by atomic mass is 32.1. The number of thiocarbonyl (C=S) groups is 1. The van der Waals surface area contributed by atoms with Crippen LogP contribution in [-0.2, 0) is 0 Å². The molecule has 0 saturated carbocycles. The van der Waals surface area contributed by atoms with E-state index in [0.29, 0.717) is 5.69 Å². The second-order valence-electron chi connectivity index (χ2n) is 4.31. The fraction of sp³-hybridized carbons (Fsp3) is 0.154.